The van der Waals surface area contributed by atoms with Crippen LogP contribution in [0.25, 0.3) is 0 Å². The van der Waals surface area contributed by atoms with Gasteiger partial charge < -0.3 is 15.1 Å². The van der Waals surface area contributed by atoms with E-state index in [1.165, 1.54) is 6.26 Å². The highest BCUT2D eigenvalue weighted by atomic mass is 16.3. The number of carbonyl (C=O) groups is 1. The predicted octanol–water partition coefficient (Wildman–Crippen LogP) is 1.57. The fourth-order valence-electron chi connectivity index (χ4n) is 1.97. The third kappa shape index (κ3) is 2.66. The van der Waals surface area contributed by atoms with Crippen molar-refractivity contribution in [3.8, 4) is 0 Å². The summed E-state index contributed by atoms with van der Waals surface area (Å²) in [5, 5.41) is 0. The minimum absolute atomic E-state index is 0.0486. The summed E-state index contributed by atoms with van der Waals surface area (Å²) in [4.78, 5) is 18.1. The molecule has 1 saturated heterocycles. The molecule has 1 aliphatic heterocycles. The Morgan fingerprint density at radius 2 is 2.24 bits per heavy atom. The number of carbonyl (C=O) groups excluding carboxylic acids is 1. The quantitative estimate of drug-likeness (QED) is 0.847. The third-order valence-corrected chi connectivity index (χ3v) is 3.20. The lowest BCUT2D eigenvalue weighted by Gasteiger charge is -2.29. The Labute approximate surface area is 101 Å². The average molecular weight is 237 g/mol. The Balaban J connectivity index is 2.03. The molecular weight excluding hydrogens is 218 g/mol. The largest absolute Gasteiger partial charge is 0.446 e. The Kier molecular flexibility index (Phi) is 3.47. The molecule has 1 unspecified atom stereocenters. The number of oxazole rings is 1. The van der Waals surface area contributed by atoms with E-state index in [1.54, 1.807) is 6.92 Å². The molecule has 0 radical (unpaired) electrons. The van der Waals surface area contributed by atoms with E-state index in [9.17, 15) is 4.79 Å². The molecule has 2 heterocycles. The van der Waals surface area contributed by atoms with Gasteiger partial charge in [-0.2, -0.15) is 0 Å². The topological polar surface area (TPSA) is 72.4 Å². The van der Waals surface area contributed by atoms with E-state index in [1.807, 2.05) is 4.90 Å². The van der Waals surface area contributed by atoms with E-state index >= 15 is 0 Å². The first-order valence-electron chi connectivity index (χ1n) is 6.08. The van der Waals surface area contributed by atoms with Gasteiger partial charge in [0.05, 0.1) is 6.04 Å². The summed E-state index contributed by atoms with van der Waals surface area (Å²) >= 11 is 0. The molecule has 17 heavy (non-hydrogen) atoms. The highest BCUT2D eigenvalue weighted by Crippen LogP contribution is 2.18. The van der Waals surface area contributed by atoms with Crippen molar-refractivity contribution in [2.45, 2.75) is 32.7 Å². The summed E-state index contributed by atoms with van der Waals surface area (Å²) in [6.45, 7) is 5.61. The molecule has 1 aromatic rings. The lowest BCUT2D eigenvalue weighted by molar-refractivity contribution is 0.0691. The van der Waals surface area contributed by atoms with Crippen LogP contribution in [0.1, 0.15) is 49.1 Å². The summed E-state index contributed by atoms with van der Waals surface area (Å²) in [7, 11) is 0. The second-order valence-corrected chi connectivity index (χ2v) is 4.83. The van der Waals surface area contributed by atoms with Gasteiger partial charge in [0.15, 0.2) is 5.69 Å². The number of aromatic nitrogens is 1. The molecule has 0 aliphatic carbocycles. The van der Waals surface area contributed by atoms with Crippen LogP contribution in [0.4, 0.5) is 0 Å². The van der Waals surface area contributed by atoms with E-state index in [4.69, 9.17) is 10.2 Å². The number of rotatable bonds is 2. The van der Waals surface area contributed by atoms with Gasteiger partial charge in [-0.3, -0.25) is 4.79 Å². The van der Waals surface area contributed by atoms with Gasteiger partial charge in [0, 0.05) is 13.1 Å². The Morgan fingerprint density at radius 1 is 1.59 bits per heavy atom. The van der Waals surface area contributed by atoms with Crippen LogP contribution in [-0.4, -0.2) is 28.9 Å². The van der Waals surface area contributed by atoms with Crippen LogP contribution in [0.5, 0.6) is 0 Å². The van der Waals surface area contributed by atoms with E-state index < -0.39 is 0 Å². The van der Waals surface area contributed by atoms with Crippen LogP contribution in [0, 0.1) is 5.92 Å². The van der Waals surface area contributed by atoms with Gasteiger partial charge in [-0.25, -0.2) is 4.98 Å². The molecule has 5 nitrogen and oxygen atoms in total. The summed E-state index contributed by atoms with van der Waals surface area (Å²) in [6.07, 6.45) is 3.52. The molecule has 0 bridgehead atoms. The molecule has 0 saturated carbocycles. The van der Waals surface area contributed by atoms with Crippen molar-refractivity contribution in [2.24, 2.45) is 11.7 Å². The Bertz CT molecular complexity index is 392. The maximum absolute atomic E-state index is 12.1. The van der Waals surface area contributed by atoms with Gasteiger partial charge in [-0.05, 0) is 25.7 Å². The molecule has 2 rings (SSSR count). The molecule has 0 spiro atoms. The molecule has 1 aliphatic rings. The van der Waals surface area contributed by atoms with E-state index in [0.717, 1.165) is 25.9 Å². The van der Waals surface area contributed by atoms with E-state index in [2.05, 4.69) is 11.9 Å². The summed E-state index contributed by atoms with van der Waals surface area (Å²) in [5.41, 5.74) is 6.01. The fraction of sp³-hybridized carbons (Fsp3) is 0.667. The third-order valence-electron chi connectivity index (χ3n) is 3.20. The molecule has 5 heteroatoms. The lowest BCUT2D eigenvalue weighted by atomic mass is 9.99. The lowest BCUT2D eigenvalue weighted by Crippen LogP contribution is -2.38. The molecule has 1 atom stereocenters. The maximum Gasteiger partial charge on any atom is 0.275 e. The zero-order valence-corrected chi connectivity index (χ0v) is 10.3. The van der Waals surface area contributed by atoms with E-state index in [0.29, 0.717) is 17.5 Å². The SMILES string of the molecule is CC1CCN(C(=O)c2coc(C(C)N)n2)CC1. The standard InChI is InChI=1S/C12H19N3O2/c1-8-3-5-15(6-4-8)12(16)10-7-17-11(14-10)9(2)13/h7-9H,3-6,13H2,1-2H3. The highest BCUT2D eigenvalue weighted by molar-refractivity contribution is 5.92. The molecule has 0 aromatic carbocycles. The highest BCUT2D eigenvalue weighted by Gasteiger charge is 2.24. The van der Waals surface area contributed by atoms with Gasteiger partial charge in [-0.15, -0.1) is 0 Å². The smallest absolute Gasteiger partial charge is 0.275 e. The normalized spacial score (nSPS) is 19.4. The van der Waals surface area contributed by atoms with Crippen LogP contribution < -0.4 is 5.73 Å². The number of hydrogen-bond acceptors (Lipinski definition) is 4. The number of nitrogens with two attached hydrogens (primary N) is 1. The summed E-state index contributed by atoms with van der Waals surface area (Å²) in [5.74, 6) is 1.07. The van der Waals surface area contributed by atoms with E-state index in [-0.39, 0.29) is 11.9 Å². The van der Waals surface area contributed by atoms with Gasteiger partial charge >= 0.3 is 0 Å². The molecule has 94 valence electrons. The van der Waals surface area contributed by atoms with Crippen LogP contribution in [-0.2, 0) is 0 Å². The second-order valence-electron chi connectivity index (χ2n) is 4.83. The van der Waals surface area contributed by atoms with Crippen molar-refractivity contribution < 1.29 is 9.21 Å². The summed E-state index contributed by atoms with van der Waals surface area (Å²) < 4.78 is 5.18. The Morgan fingerprint density at radius 3 is 2.76 bits per heavy atom. The second kappa shape index (κ2) is 4.87. The van der Waals surface area contributed by atoms with Crippen LogP contribution in [0.2, 0.25) is 0 Å². The van der Waals surface area contributed by atoms with Crippen molar-refractivity contribution in [3.05, 3.63) is 17.8 Å². The molecule has 2 N–H and O–H groups in total. The first-order valence-corrected chi connectivity index (χ1v) is 6.08. The number of nitrogens with zero attached hydrogens (tertiary/aromatic N) is 2. The summed E-state index contributed by atoms with van der Waals surface area (Å²) in [6, 6.07) is -0.280. The monoisotopic (exact) mass is 237 g/mol. The average Bonchev–Trinajstić information content (AvgIpc) is 2.78. The number of hydrogen-bond donors (Lipinski definition) is 1. The van der Waals surface area contributed by atoms with Crippen molar-refractivity contribution in [2.75, 3.05) is 13.1 Å². The van der Waals surface area contributed by atoms with Gasteiger partial charge in [0.25, 0.3) is 5.91 Å². The zero-order chi connectivity index (χ0) is 12.4. The molecule has 1 fully saturated rings. The van der Waals surface area contributed by atoms with Gasteiger partial charge in [0.1, 0.15) is 6.26 Å². The number of piperidine rings is 1. The number of likely N-dealkylation sites (tertiary alicyclic amines) is 1. The minimum atomic E-state index is -0.280. The van der Waals surface area contributed by atoms with Crippen molar-refractivity contribution in [1.29, 1.82) is 0 Å². The zero-order valence-electron chi connectivity index (χ0n) is 10.3. The fourth-order valence-corrected chi connectivity index (χ4v) is 1.97. The van der Waals surface area contributed by atoms with Crippen molar-refractivity contribution in [1.82, 2.24) is 9.88 Å². The van der Waals surface area contributed by atoms with Crippen LogP contribution in [0.3, 0.4) is 0 Å². The first kappa shape index (κ1) is 12.1. The minimum Gasteiger partial charge on any atom is -0.446 e. The predicted molar refractivity (Wildman–Crippen MR) is 63.4 cm³/mol. The number of amides is 1. The van der Waals surface area contributed by atoms with Crippen LogP contribution >= 0.6 is 0 Å². The van der Waals surface area contributed by atoms with Crippen LogP contribution in [0.15, 0.2) is 10.7 Å². The van der Waals surface area contributed by atoms with Crippen molar-refractivity contribution >= 4 is 5.91 Å². The molecular formula is C12H19N3O2. The molecule has 1 amide bonds. The molecule has 1 aromatic heterocycles. The Hall–Kier alpha value is -1.36. The first-order chi connectivity index (χ1) is 8.08. The van der Waals surface area contributed by atoms with Gasteiger partial charge in [-0.1, -0.05) is 6.92 Å². The van der Waals surface area contributed by atoms with Crippen molar-refractivity contribution in [3.63, 3.8) is 0 Å². The van der Waals surface area contributed by atoms with Gasteiger partial charge in [0.2, 0.25) is 5.89 Å². The maximum atomic E-state index is 12.1.